The van der Waals surface area contributed by atoms with Crippen molar-refractivity contribution in [2.45, 2.75) is 39.2 Å². The van der Waals surface area contributed by atoms with Crippen molar-refractivity contribution in [1.29, 1.82) is 0 Å². The maximum absolute atomic E-state index is 12.7. The van der Waals surface area contributed by atoms with Gasteiger partial charge < -0.3 is 8.83 Å². The summed E-state index contributed by atoms with van der Waals surface area (Å²) in [5, 5.41) is 0.669. The molecular formula is C16H15Br2NO4. The molecule has 23 heavy (non-hydrogen) atoms. The quantitative estimate of drug-likeness (QED) is 0.530. The van der Waals surface area contributed by atoms with Crippen LogP contribution in [0.1, 0.15) is 32.6 Å². The van der Waals surface area contributed by atoms with Gasteiger partial charge in [0, 0.05) is 18.7 Å². The monoisotopic (exact) mass is 443 g/mol. The van der Waals surface area contributed by atoms with Gasteiger partial charge in [-0.1, -0.05) is 26.2 Å². The number of furan rings is 2. The average Bonchev–Trinajstić information content (AvgIpc) is 3.07. The highest BCUT2D eigenvalue weighted by Crippen LogP contribution is 2.29. The summed E-state index contributed by atoms with van der Waals surface area (Å²) in [4.78, 5) is 25.5. The van der Waals surface area contributed by atoms with Crippen LogP contribution in [0.5, 0.6) is 0 Å². The Bertz CT molecular complexity index is 910. The second-order valence-electron chi connectivity index (χ2n) is 5.41. The molecule has 0 bridgehead atoms. The maximum atomic E-state index is 12.7. The number of hydrogen-bond donors (Lipinski definition) is 0. The lowest BCUT2D eigenvalue weighted by molar-refractivity contribution is 0.556. The van der Waals surface area contributed by atoms with E-state index in [0.29, 0.717) is 26.7 Å². The van der Waals surface area contributed by atoms with Gasteiger partial charge in [0.05, 0.1) is 10.8 Å². The van der Waals surface area contributed by atoms with E-state index in [2.05, 4.69) is 38.8 Å². The van der Waals surface area contributed by atoms with E-state index in [1.807, 2.05) is 0 Å². The zero-order valence-electron chi connectivity index (χ0n) is 12.5. The van der Waals surface area contributed by atoms with E-state index in [1.54, 1.807) is 12.1 Å². The Balaban J connectivity index is 2.29. The summed E-state index contributed by atoms with van der Waals surface area (Å²) in [7, 11) is 0. The molecule has 3 rings (SSSR count). The molecule has 5 nitrogen and oxygen atoms in total. The topological polar surface area (TPSA) is 65.3 Å². The number of fused-ring (bicyclic) bond motifs is 3. The number of unbranched alkanes of at least 4 members (excludes halogenated alkanes) is 3. The second kappa shape index (κ2) is 6.65. The Morgan fingerprint density at radius 3 is 1.91 bits per heavy atom. The zero-order valence-corrected chi connectivity index (χ0v) is 15.7. The minimum Gasteiger partial charge on any atom is -0.445 e. The summed E-state index contributed by atoms with van der Waals surface area (Å²) >= 11 is 6.47. The highest BCUT2D eigenvalue weighted by atomic mass is 79.9. The normalized spacial score (nSPS) is 11.6. The van der Waals surface area contributed by atoms with Crippen LogP contribution < -0.4 is 11.1 Å². The third-order valence-electron chi connectivity index (χ3n) is 3.80. The van der Waals surface area contributed by atoms with Gasteiger partial charge >= 0.3 is 0 Å². The molecule has 0 spiro atoms. The largest absolute Gasteiger partial charge is 0.445 e. The summed E-state index contributed by atoms with van der Waals surface area (Å²) in [6.07, 6.45) is 3.95. The predicted octanol–water partition coefficient (Wildman–Crippen LogP) is 4.81. The summed E-state index contributed by atoms with van der Waals surface area (Å²) < 4.78 is 13.2. The molecule has 0 saturated heterocycles. The molecule has 0 aliphatic carbocycles. The fourth-order valence-corrected chi connectivity index (χ4v) is 3.44. The van der Waals surface area contributed by atoms with Crippen molar-refractivity contribution >= 4 is 53.8 Å². The smallest absolute Gasteiger partial charge is 0.264 e. The molecular weight excluding hydrogens is 430 g/mol. The van der Waals surface area contributed by atoms with Crippen LogP contribution >= 0.6 is 31.9 Å². The van der Waals surface area contributed by atoms with Crippen molar-refractivity contribution in [2.75, 3.05) is 0 Å². The number of halogens is 2. The Labute approximate surface area is 148 Å². The third-order valence-corrected chi connectivity index (χ3v) is 4.58. The van der Waals surface area contributed by atoms with E-state index < -0.39 is 0 Å². The Morgan fingerprint density at radius 2 is 1.43 bits per heavy atom. The van der Waals surface area contributed by atoms with Crippen molar-refractivity contribution in [1.82, 2.24) is 4.57 Å². The minimum absolute atomic E-state index is 0.284. The summed E-state index contributed by atoms with van der Waals surface area (Å²) in [5.74, 6) is 0. The van der Waals surface area contributed by atoms with Crippen molar-refractivity contribution in [2.24, 2.45) is 0 Å². The van der Waals surface area contributed by atoms with Crippen LogP contribution in [0.3, 0.4) is 0 Å². The first-order valence-electron chi connectivity index (χ1n) is 7.48. The van der Waals surface area contributed by atoms with E-state index in [0.717, 1.165) is 25.7 Å². The molecule has 0 amide bonds. The SMILES string of the molecule is CCCCCCn1c(=O)c2cc(Br)oc2c2oc(Br)cc2c1=O. The molecule has 0 aliphatic rings. The van der Waals surface area contributed by atoms with Crippen LogP contribution in [-0.2, 0) is 6.54 Å². The van der Waals surface area contributed by atoms with E-state index in [4.69, 9.17) is 8.83 Å². The molecule has 0 atom stereocenters. The first-order chi connectivity index (χ1) is 11.0. The average molecular weight is 445 g/mol. The molecule has 3 aromatic heterocycles. The molecule has 0 saturated carbocycles. The van der Waals surface area contributed by atoms with Crippen molar-refractivity contribution < 1.29 is 8.83 Å². The maximum Gasteiger partial charge on any atom is 0.264 e. The lowest BCUT2D eigenvalue weighted by Gasteiger charge is -2.01. The van der Waals surface area contributed by atoms with Gasteiger partial charge in [-0.2, -0.15) is 0 Å². The fraction of sp³-hybridized carbons (Fsp3) is 0.375. The summed E-state index contributed by atoms with van der Waals surface area (Å²) in [6, 6.07) is 3.16. The van der Waals surface area contributed by atoms with Crippen LogP contribution in [0.2, 0.25) is 0 Å². The highest BCUT2D eigenvalue weighted by molar-refractivity contribution is 9.10. The van der Waals surface area contributed by atoms with Gasteiger partial charge in [-0.25, -0.2) is 0 Å². The molecule has 0 unspecified atom stereocenters. The van der Waals surface area contributed by atoms with Gasteiger partial charge in [0.25, 0.3) is 11.1 Å². The number of nitrogens with zero attached hydrogens (tertiary/aromatic N) is 1. The molecule has 3 heterocycles. The fourth-order valence-electron chi connectivity index (χ4n) is 2.66. The van der Waals surface area contributed by atoms with Gasteiger partial charge in [0.15, 0.2) is 20.5 Å². The van der Waals surface area contributed by atoms with Gasteiger partial charge in [-0.3, -0.25) is 14.2 Å². The van der Waals surface area contributed by atoms with Crippen LogP contribution in [-0.4, -0.2) is 4.57 Å². The predicted molar refractivity (Wildman–Crippen MR) is 96.1 cm³/mol. The van der Waals surface area contributed by atoms with Gasteiger partial charge in [0.1, 0.15) is 0 Å². The van der Waals surface area contributed by atoms with Gasteiger partial charge in [0.2, 0.25) is 0 Å². The van der Waals surface area contributed by atoms with Crippen molar-refractivity contribution in [3.63, 3.8) is 0 Å². The first-order valence-corrected chi connectivity index (χ1v) is 9.06. The molecule has 7 heteroatoms. The Kier molecular flexibility index (Phi) is 4.77. The molecule has 0 aliphatic heterocycles. The third kappa shape index (κ3) is 3.04. The van der Waals surface area contributed by atoms with Crippen LogP contribution in [0.25, 0.3) is 21.9 Å². The van der Waals surface area contributed by atoms with E-state index in [9.17, 15) is 9.59 Å². The molecule has 3 aromatic rings. The van der Waals surface area contributed by atoms with E-state index >= 15 is 0 Å². The molecule has 0 fully saturated rings. The lowest BCUT2D eigenvalue weighted by Crippen LogP contribution is -2.30. The summed E-state index contributed by atoms with van der Waals surface area (Å²) in [6.45, 7) is 2.51. The number of rotatable bonds is 5. The molecule has 0 aromatic carbocycles. The Hall–Kier alpha value is -1.34. The minimum atomic E-state index is -0.349. The highest BCUT2D eigenvalue weighted by Gasteiger charge is 2.18. The number of aromatic nitrogens is 1. The van der Waals surface area contributed by atoms with Crippen LogP contribution in [0, 0.1) is 0 Å². The molecule has 0 N–H and O–H groups in total. The van der Waals surface area contributed by atoms with Gasteiger partial charge in [-0.05, 0) is 38.3 Å². The van der Waals surface area contributed by atoms with Crippen LogP contribution in [0.4, 0.5) is 0 Å². The van der Waals surface area contributed by atoms with E-state index in [-0.39, 0.29) is 22.3 Å². The van der Waals surface area contributed by atoms with E-state index in [1.165, 1.54) is 4.57 Å². The molecule has 0 radical (unpaired) electrons. The van der Waals surface area contributed by atoms with Gasteiger partial charge in [-0.15, -0.1) is 0 Å². The molecule has 122 valence electrons. The van der Waals surface area contributed by atoms with Crippen molar-refractivity contribution in [3.8, 4) is 0 Å². The second-order valence-corrected chi connectivity index (χ2v) is 6.97. The lowest BCUT2D eigenvalue weighted by atomic mass is 10.2. The van der Waals surface area contributed by atoms with Crippen LogP contribution in [0.15, 0.2) is 39.9 Å². The number of hydrogen-bond acceptors (Lipinski definition) is 4. The first kappa shape index (κ1) is 16.5. The standard InChI is InChI=1S/C16H15Br2NO4/c1-2-3-4-5-6-19-15(20)9-7-11(17)22-13(9)14-10(16(19)21)8-12(18)23-14/h7-8H,2-6H2,1H3. The van der Waals surface area contributed by atoms with Crippen molar-refractivity contribution in [3.05, 3.63) is 42.2 Å². The zero-order chi connectivity index (χ0) is 16.6. The Morgan fingerprint density at radius 1 is 0.913 bits per heavy atom. The summed E-state index contributed by atoms with van der Waals surface area (Å²) in [5.41, 5.74) is -0.129.